The lowest BCUT2D eigenvalue weighted by molar-refractivity contribution is -0.115. The number of carbonyl (C=O) groups is 1. The summed E-state index contributed by atoms with van der Waals surface area (Å²) in [7, 11) is -1.65. The Morgan fingerprint density at radius 3 is 2.48 bits per heavy atom. The lowest BCUT2D eigenvalue weighted by atomic mass is 10.2. The van der Waals surface area contributed by atoms with Gasteiger partial charge in [0.2, 0.25) is 15.9 Å². The van der Waals surface area contributed by atoms with Gasteiger partial charge in [0, 0.05) is 43.8 Å². The van der Waals surface area contributed by atoms with Gasteiger partial charge in [-0.3, -0.25) is 9.78 Å². The number of thioether (sulfide) groups is 1. The first-order valence-corrected chi connectivity index (χ1v) is 13.1. The summed E-state index contributed by atoms with van der Waals surface area (Å²) in [5.41, 5.74) is 1.38. The van der Waals surface area contributed by atoms with E-state index in [9.17, 15) is 13.2 Å². The molecule has 1 saturated heterocycles. The summed E-state index contributed by atoms with van der Waals surface area (Å²) in [4.78, 5) is 17.1. The lowest BCUT2D eigenvalue weighted by Crippen LogP contribution is -2.35. The van der Waals surface area contributed by atoms with Gasteiger partial charge in [0.1, 0.15) is 0 Å². The second kappa shape index (κ2) is 10.0. The van der Waals surface area contributed by atoms with Gasteiger partial charge in [-0.1, -0.05) is 18.2 Å². The number of amides is 1. The van der Waals surface area contributed by atoms with Crippen molar-refractivity contribution in [1.82, 2.24) is 24.1 Å². The van der Waals surface area contributed by atoms with Crippen LogP contribution >= 0.6 is 11.8 Å². The topological polar surface area (TPSA) is 110 Å². The first-order chi connectivity index (χ1) is 15.9. The Labute approximate surface area is 197 Å². The van der Waals surface area contributed by atoms with Crippen molar-refractivity contribution in [3.63, 3.8) is 0 Å². The fraction of sp³-hybridized carbons (Fsp3) is 0.364. The molecule has 1 fully saturated rings. The zero-order chi connectivity index (χ0) is 23.4. The highest BCUT2D eigenvalue weighted by Crippen LogP contribution is 2.26. The fourth-order valence-electron chi connectivity index (χ4n) is 3.58. The number of piperidine rings is 1. The predicted octanol–water partition coefficient (Wildman–Crippen LogP) is 3.17. The average Bonchev–Trinajstić information content (AvgIpc) is 3.20. The van der Waals surface area contributed by atoms with Crippen LogP contribution in [0.3, 0.4) is 0 Å². The van der Waals surface area contributed by atoms with Gasteiger partial charge >= 0.3 is 0 Å². The van der Waals surface area contributed by atoms with Crippen molar-refractivity contribution in [2.75, 3.05) is 18.4 Å². The van der Waals surface area contributed by atoms with Gasteiger partial charge in [0.05, 0.1) is 10.1 Å². The minimum absolute atomic E-state index is 0.211. The molecule has 2 aromatic heterocycles. The molecule has 33 heavy (non-hydrogen) atoms. The van der Waals surface area contributed by atoms with Crippen LogP contribution < -0.4 is 5.32 Å². The minimum Gasteiger partial charge on any atom is -0.325 e. The van der Waals surface area contributed by atoms with Crippen molar-refractivity contribution in [1.29, 1.82) is 0 Å². The molecule has 3 heterocycles. The van der Waals surface area contributed by atoms with Gasteiger partial charge in [-0.25, -0.2) is 8.42 Å². The van der Waals surface area contributed by atoms with E-state index in [1.54, 1.807) is 43.6 Å². The number of hydrogen-bond donors (Lipinski definition) is 1. The average molecular weight is 487 g/mol. The Morgan fingerprint density at radius 1 is 1.09 bits per heavy atom. The minimum atomic E-state index is -3.50. The van der Waals surface area contributed by atoms with Crippen LogP contribution in [0.2, 0.25) is 0 Å². The molecule has 0 saturated carbocycles. The largest absolute Gasteiger partial charge is 0.325 e. The van der Waals surface area contributed by atoms with Gasteiger partial charge in [-0.2, -0.15) is 4.31 Å². The van der Waals surface area contributed by atoms with Gasteiger partial charge in [-0.15, -0.1) is 10.2 Å². The van der Waals surface area contributed by atoms with Crippen molar-refractivity contribution in [3.8, 4) is 11.4 Å². The van der Waals surface area contributed by atoms with Crippen molar-refractivity contribution >= 4 is 33.4 Å². The maximum atomic E-state index is 12.8. The highest BCUT2D eigenvalue weighted by Gasteiger charge is 2.26. The highest BCUT2D eigenvalue weighted by atomic mass is 32.2. The molecule has 0 radical (unpaired) electrons. The number of anilines is 1. The van der Waals surface area contributed by atoms with E-state index in [1.807, 2.05) is 23.7 Å². The van der Waals surface area contributed by atoms with Gasteiger partial charge in [0.15, 0.2) is 11.0 Å². The van der Waals surface area contributed by atoms with Crippen molar-refractivity contribution in [3.05, 3.63) is 48.8 Å². The molecular formula is C22H26N6O3S2. The Morgan fingerprint density at radius 2 is 1.82 bits per heavy atom. The van der Waals surface area contributed by atoms with Crippen molar-refractivity contribution < 1.29 is 13.2 Å². The second-order valence-corrected chi connectivity index (χ2v) is 11.1. The summed E-state index contributed by atoms with van der Waals surface area (Å²) in [6.07, 6.45) is 6.24. The first-order valence-electron chi connectivity index (χ1n) is 10.7. The van der Waals surface area contributed by atoms with E-state index in [2.05, 4.69) is 20.5 Å². The number of pyridine rings is 1. The molecule has 1 aliphatic heterocycles. The van der Waals surface area contributed by atoms with Crippen LogP contribution in [0.5, 0.6) is 0 Å². The number of rotatable bonds is 7. The summed E-state index contributed by atoms with van der Waals surface area (Å²) in [5, 5.41) is 11.4. The van der Waals surface area contributed by atoms with E-state index in [-0.39, 0.29) is 10.8 Å². The van der Waals surface area contributed by atoms with E-state index >= 15 is 0 Å². The summed E-state index contributed by atoms with van der Waals surface area (Å²) in [6.45, 7) is 2.90. The molecule has 3 aromatic rings. The first kappa shape index (κ1) is 23.4. The third kappa shape index (κ3) is 5.26. The van der Waals surface area contributed by atoms with Gasteiger partial charge in [0.25, 0.3) is 0 Å². The normalized spacial score (nSPS) is 15.8. The predicted molar refractivity (Wildman–Crippen MR) is 127 cm³/mol. The Bertz CT molecular complexity index is 1210. The zero-order valence-corrected chi connectivity index (χ0v) is 20.1. The lowest BCUT2D eigenvalue weighted by Gasteiger charge is -2.25. The number of benzene rings is 1. The van der Waals surface area contributed by atoms with Crippen molar-refractivity contribution in [2.24, 2.45) is 7.05 Å². The smallest absolute Gasteiger partial charge is 0.243 e. The molecule has 0 aliphatic carbocycles. The number of sulfonamides is 1. The molecule has 1 aromatic carbocycles. The van der Waals surface area contributed by atoms with Crippen LogP contribution in [0.25, 0.3) is 11.4 Å². The molecule has 11 heteroatoms. The number of hydrogen-bond acceptors (Lipinski definition) is 7. The zero-order valence-electron chi connectivity index (χ0n) is 18.5. The molecule has 9 nitrogen and oxygen atoms in total. The molecule has 4 rings (SSSR count). The highest BCUT2D eigenvalue weighted by molar-refractivity contribution is 8.00. The third-order valence-corrected chi connectivity index (χ3v) is 8.53. The Kier molecular flexibility index (Phi) is 7.11. The van der Waals surface area contributed by atoms with Gasteiger partial charge < -0.3 is 9.88 Å². The van der Waals surface area contributed by atoms with Crippen LogP contribution in [0, 0.1) is 0 Å². The molecule has 0 bridgehead atoms. The van der Waals surface area contributed by atoms with E-state index < -0.39 is 15.3 Å². The summed E-state index contributed by atoms with van der Waals surface area (Å²) in [6, 6.07) is 10.1. The second-order valence-electron chi connectivity index (χ2n) is 7.85. The molecule has 1 amide bonds. The van der Waals surface area contributed by atoms with Crippen LogP contribution in [0.1, 0.15) is 26.2 Å². The molecule has 1 N–H and O–H groups in total. The standard InChI is InChI=1S/C22H26N6O3S2/c1-16(32-22-26-25-20(27(22)2)17-7-6-12-23-15-17)21(29)24-18-8-10-19(11-9-18)33(30,31)28-13-4-3-5-14-28/h6-12,15-16H,3-5,13-14H2,1-2H3,(H,24,29). The van der Waals surface area contributed by atoms with E-state index in [0.717, 1.165) is 24.8 Å². The number of nitrogens with one attached hydrogen (secondary N) is 1. The van der Waals surface area contributed by atoms with Gasteiger partial charge in [-0.05, 0) is 56.2 Å². The Hall–Kier alpha value is -2.76. The maximum Gasteiger partial charge on any atom is 0.243 e. The van der Waals surface area contributed by atoms with Crippen LogP contribution in [-0.2, 0) is 21.9 Å². The summed E-state index contributed by atoms with van der Waals surface area (Å²) >= 11 is 1.29. The monoisotopic (exact) mass is 486 g/mol. The molecule has 1 aliphatic rings. The number of aromatic nitrogens is 4. The summed E-state index contributed by atoms with van der Waals surface area (Å²) in [5.74, 6) is 0.460. The quantitative estimate of drug-likeness (QED) is 0.511. The third-order valence-electron chi connectivity index (χ3n) is 5.48. The SMILES string of the molecule is CC(Sc1nnc(-c2cccnc2)n1C)C(=O)Nc1ccc(S(=O)(=O)N2CCCCC2)cc1. The van der Waals surface area contributed by atoms with Crippen molar-refractivity contribution in [2.45, 2.75) is 41.5 Å². The molecule has 1 atom stereocenters. The molecule has 1 unspecified atom stereocenters. The van der Waals surface area contributed by atoms with Crippen LogP contribution in [-0.4, -0.2) is 56.7 Å². The van der Waals surface area contributed by atoms with E-state index in [1.165, 1.54) is 16.1 Å². The number of carbonyl (C=O) groups excluding carboxylic acids is 1. The number of nitrogens with zero attached hydrogens (tertiary/aromatic N) is 5. The maximum absolute atomic E-state index is 12.8. The van der Waals surface area contributed by atoms with Crippen LogP contribution in [0.4, 0.5) is 5.69 Å². The van der Waals surface area contributed by atoms with Crippen LogP contribution in [0.15, 0.2) is 58.8 Å². The molecular weight excluding hydrogens is 460 g/mol. The fourth-order valence-corrected chi connectivity index (χ4v) is 5.92. The Balaban J connectivity index is 1.39. The molecule has 0 spiro atoms. The molecule has 174 valence electrons. The van der Waals surface area contributed by atoms with E-state index in [0.29, 0.717) is 29.8 Å². The van der Waals surface area contributed by atoms with E-state index in [4.69, 9.17) is 0 Å². The summed E-state index contributed by atoms with van der Waals surface area (Å²) < 4.78 is 28.9.